The number of piperidine rings is 1. The van der Waals surface area contributed by atoms with Crippen LogP contribution in [0.25, 0.3) is 0 Å². The van der Waals surface area contributed by atoms with Crippen molar-refractivity contribution >= 4 is 11.9 Å². The zero-order valence-electron chi connectivity index (χ0n) is 12.0. The van der Waals surface area contributed by atoms with Crippen LogP contribution in [0, 0.1) is 5.41 Å². The minimum Gasteiger partial charge on any atom is -0.480 e. The van der Waals surface area contributed by atoms with Gasteiger partial charge in [0.25, 0.3) is 0 Å². The molecule has 20 heavy (non-hydrogen) atoms. The fourth-order valence-corrected chi connectivity index (χ4v) is 3.53. The Bertz CT molecular complexity index is 374. The van der Waals surface area contributed by atoms with Crippen LogP contribution in [0.1, 0.15) is 39.0 Å². The number of rotatable bonds is 4. The van der Waals surface area contributed by atoms with E-state index in [0.29, 0.717) is 6.54 Å². The van der Waals surface area contributed by atoms with E-state index in [-0.39, 0.29) is 18.9 Å². The van der Waals surface area contributed by atoms with Crippen LogP contribution in [0.15, 0.2) is 0 Å². The van der Waals surface area contributed by atoms with Crippen molar-refractivity contribution in [3.8, 4) is 0 Å². The van der Waals surface area contributed by atoms with Gasteiger partial charge in [-0.1, -0.05) is 13.3 Å². The molecule has 0 aromatic carbocycles. The number of hydrogen-bond donors (Lipinski definition) is 3. The molecule has 1 amide bonds. The Balaban J connectivity index is 2.20. The number of β-amino-alcohol motifs (C(OH)–C–C–N with tert-alkyl or cyclic N) is 1. The number of carboxylic acids is 1. The normalized spacial score (nSPS) is 34.2. The molecule has 2 saturated heterocycles. The third-order valence-corrected chi connectivity index (χ3v) is 4.48. The highest BCUT2D eigenvalue weighted by Gasteiger charge is 2.47. The minimum atomic E-state index is -1.02. The molecule has 0 radical (unpaired) electrons. The number of carbonyl (C=O) groups is 2. The molecule has 3 N–H and O–H groups in total. The quantitative estimate of drug-likeness (QED) is 0.686. The molecule has 2 fully saturated rings. The van der Waals surface area contributed by atoms with E-state index in [1.54, 1.807) is 0 Å². The number of aliphatic hydroxyl groups is 1. The molecule has 0 aromatic rings. The fraction of sp³-hybridized carbons (Fsp3) is 0.857. The molecule has 2 unspecified atom stereocenters. The highest BCUT2D eigenvalue weighted by atomic mass is 16.4. The Morgan fingerprint density at radius 3 is 2.75 bits per heavy atom. The average Bonchev–Trinajstić information content (AvgIpc) is 2.81. The monoisotopic (exact) mass is 284 g/mol. The Hall–Kier alpha value is -1.14. The maximum Gasteiger partial charge on any atom is 0.326 e. The van der Waals surface area contributed by atoms with E-state index in [1.165, 1.54) is 4.90 Å². The van der Waals surface area contributed by atoms with E-state index in [1.807, 2.05) is 6.92 Å². The summed E-state index contributed by atoms with van der Waals surface area (Å²) < 4.78 is 0. The summed E-state index contributed by atoms with van der Waals surface area (Å²) in [7, 11) is 0. The molecule has 2 aliphatic rings. The molecule has 2 heterocycles. The zero-order valence-corrected chi connectivity index (χ0v) is 12.0. The van der Waals surface area contributed by atoms with E-state index >= 15 is 0 Å². The maximum absolute atomic E-state index is 12.9. The summed E-state index contributed by atoms with van der Waals surface area (Å²) in [4.78, 5) is 25.6. The topological polar surface area (TPSA) is 89.9 Å². The first-order valence-electron chi connectivity index (χ1n) is 7.43. The number of aliphatic hydroxyl groups excluding tert-OH is 1. The molecule has 0 aromatic heterocycles. The molecule has 0 saturated carbocycles. The van der Waals surface area contributed by atoms with Gasteiger partial charge in [-0.2, -0.15) is 0 Å². The minimum absolute atomic E-state index is 0.101. The lowest BCUT2D eigenvalue weighted by Crippen LogP contribution is -2.54. The summed E-state index contributed by atoms with van der Waals surface area (Å²) in [5.41, 5.74) is -0.495. The lowest BCUT2D eigenvalue weighted by atomic mass is 9.75. The van der Waals surface area contributed by atoms with Gasteiger partial charge in [-0.05, 0) is 25.8 Å². The van der Waals surface area contributed by atoms with Gasteiger partial charge < -0.3 is 20.4 Å². The SMILES string of the molecule is CCCC1(C(=O)N2CC(O)C[C@H]2C(=O)O)CCCNC1. The second kappa shape index (κ2) is 6.10. The molecular formula is C14H24N2O4. The molecule has 0 bridgehead atoms. The van der Waals surface area contributed by atoms with Gasteiger partial charge in [-0.25, -0.2) is 4.79 Å². The lowest BCUT2D eigenvalue weighted by Gasteiger charge is -2.40. The van der Waals surface area contributed by atoms with Gasteiger partial charge in [0.1, 0.15) is 6.04 Å². The number of likely N-dealkylation sites (tertiary alicyclic amines) is 1. The van der Waals surface area contributed by atoms with Gasteiger partial charge in [-0.3, -0.25) is 4.79 Å². The van der Waals surface area contributed by atoms with Crippen molar-refractivity contribution in [1.82, 2.24) is 10.2 Å². The Labute approximate surface area is 119 Å². The Kier molecular flexibility index (Phi) is 4.65. The van der Waals surface area contributed by atoms with Gasteiger partial charge >= 0.3 is 5.97 Å². The van der Waals surface area contributed by atoms with Crippen LogP contribution in [-0.2, 0) is 9.59 Å². The largest absolute Gasteiger partial charge is 0.480 e. The number of hydrogen-bond acceptors (Lipinski definition) is 4. The summed E-state index contributed by atoms with van der Waals surface area (Å²) in [6.45, 7) is 3.70. The third-order valence-electron chi connectivity index (χ3n) is 4.48. The number of nitrogens with zero attached hydrogens (tertiary/aromatic N) is 1. The Morgan fingerprint density at radius 1 is 1.45 bits per heavy atom. The van der Waals surface area contributed by atoms with E-state index < -0.39 is 23.5 Å². The van der Waals surface area contributed by atoms with Crippen LogP contribution in [0.4, 0.5) is 0 Å². The van der Waals surface area contributed by atoms with Crippen molar-refractivity contribution in [3.05, 3.63) is 0 Å². The van der Waals surface area contributed by atoms with Crippen LogP contribution < -0.4 is 5.32 Å². The first kappa shape index (κ1) is 15.3. The fourth-order valence-electron chi connectivity index (χ4n) is 3.53. The van der Waals surface area contributed by atoms with Crippen LogP contribution in [0.5, 0.6) is 0 Å². The van der Waals surface area contributed by atoms with Crippen LogP contribution in [0.3, 0.4) is 0 Å². The maximum atomic E-state index is 12.9. The number of aliphatic carboxylic acids is 1. The van der Waals surface area contributed by atoms with Crippen LogP contribution in [-0.4, -0.2) is 58.8 Å². The smallest absolute Gasteiger partial charge is 0.326 e. The molecule has 0 spiro atoms. The van der Waals surface area contributed by atoms with Gasteiger partial charge in [0.15, 0.2) is 0 Å². The molecule has 0 aliphatic carbocycles. The summed E-state index contributed by atoms with van der Waals surface area (Å²) in [6, 6.07) is -0.881. The third kappa shape index (κ3) is 2.81. The predicted octanol–water partition coefficient (Wildman–Crippen LogP) is 0.203. The van der Waals surface area contributed by atoms with E-state index in [4.69, 9.17) is 0 Å². The summed E-state index contributed by atoms with van der Waals surface area (Å²) in [5.74, 6) is -1.12. The first-order valence-corrected chi connectivity index (χ1v) is 7.43. The van der Waals surface area contributed by atoms with Crippen molar-refractivity contribution in [1.29, 1.82) is 0 Å². The summed E-state index contributed by atoms with van der Waals surface area (Å²) in [5, 5.41) is 22.2. The number of carbonyl (C=O) groups excluding carboxylic acids is 1. The molecule has 2 rings (SSSR count). The molecule has 114 valence electrons. The van der Waals surface area contributed by atoms with Gasteiger partial charge in [0.05, 0.1) is 11.5 Å². The van der Waals surface area contributed by atoms with Crippen molar-refractivity contribution in [3.63, 3.8) is 0 Å². The predicted molar refractivity (Wildman–Crippen MR) is 73.2 cm³/mol. The highest BCUT2D eigenvalue weighted by Crippen LogP contribution is 2.36. The molecular weight excluding hydrogens is 260 g/mol. The van der Waals surface area contributed by atoms with Gasteiger partial charge in [0.2, 0.25) is 5.91 Å². The van der Waals surface area contributed by atoms with Crippen molar-refractivity contribution in [2.24, 2.45) is 5.41 Å². The first-order chi connectivity index (χ1) is 9.50. The number of carboxylic acid groups (broad SMARTS) is 1. The molecule has 6 nitrogen and oxygen atoms in total. The molecule has 3 atom stereocenters. The second-order valence-electron chi connectivity index (χ2n) is 6.01. The van der Waals surface area contributed by atoms with Gasteiger partial charge in [0, 0.05) is 19.5 Å². The second-order valence-corrected chi connectivity index (χ2v) is 6.01. The number of nitrogens with one attached hydrogen (secondary N) is 1. The van der Waals surface area contributed by atoms with E-state index in [2.05, 4.69) is 5.32 Å². The average molecular weight is 284 g/mol. The molecule has 2 aliphatic heterocycles. The molecule has 6 heteroatoms. The van der Waals surface area contributed by atoms with Crippen molar-refractivity contribution in [2.45, 2.75) is 51.2 Å². The zero-order chi connectivity index (χ0) is 14.8. The summed E-state index contributed by atoms with van der Waals surface area (Å²) in [6.07, 6.45) is 2.79. The summed E-state index contributed by atoms with van der Waals surface area (Å²) >= 11 is 0. The standard InChI is InChI=1S/C14H24N2O4/c1-2-4-14(5-3-6-15-9-14)13(20)16-8-10(17)7-11(16)12(18)19/h10-11,15,17H,2-9H2,1H3,(H,18,19)/t10?,11-,14?/m0/s1. The lowest BCUT2D eigenvalue weighted by molar-refractivity contribution is -0.154. The number of amides is 1. The van der Waals surface area contributed by atoms with E-state index in [9.17, 15) is 19.8 Å². The van der Waals surface area contributed by atoms with Crippen LogP contribution >= 0.6 is 0 Å². The van der Waals surface area contributed by atoms with Gasteiger partial charge in [-0.15, -0.1) is 0 Å². The van der Waals surface area contributed by atoms with Crippen LogP contribution in [0.2, 0.25) is 0 Å². The van der Waals surface area contributed by atoms with Crippen molar-refractivity contribution < 1.29 is 19.8 Å². The van der Waals surface area contributed by atoms with E-state index in [0.717, 1.165) is 32.2 Å². The Morgan fingerprint density at radius 2 is 2.20 bits per heavy atom. The highest BCUT2D eigenvalue weighted by molar-refractivity contribution is 5.88. The van der Waals surface area contributed by atoms with Crippen molar-refractivity contribution in [2.75, 3.05) is 19.6 Å².